The third-order valence-corrected chi connectivity index (χ3v) is 5.18. The lowest BCUT2D eigenvalue weighted by molar-refractivity contribution is 0.352. The molecule has 0 spiro atoms. The molecule has 1 aliphatic heterocycles. The van der Waals surface area contributed by atoms with Gasteiger partial charge in [-0.1, -0.05) is 22.0 Å². The second-order valence-corrected chi connectivity index (χ2v) is 7.24. The maximum atomic E-state index is 9.62. The van der Waals surface area contributed by atoms with Gasteiger partial charge in [-0.15, -0.1) is 0 Å². The van der Waals surface area contributed by atoms with Crippen LogP contribution in [0.3, 0.4) is 0 Å². The van der Waals surface area contributed by atoms with Gasteiger partial charge in [0.15, 0.2) is 11.5 Å². The van der Waals surface area contributed by atoms with Crippen LogP contribution in [0.4, 0.5) is 0 Å². The number of fused-ring (bicyclic) bond motifs is 1. The Morgan fingerprint density at radius 3 is 2.56 bits per heavy atom. The Hall–Kier alpha value is -2.04. The minimum atomic E-state index is -0.723. The number of benzene rings is 2. The molecule has 1 N–H and O–H groups in total. The highest BCUT2D eigenvalue weighted by molar-refractivity contribution is 9.10. The van der Waals surface area contributed by atoms with Crippen molar-refractivity contribution in [3.63, 3.8) is 0 Å². The summed E-state index contributed by atoms with van der Waals surface area (Å²) in [5, 5.41) is 17.8. The lowest BCUT2D eigenvalue weighted by Gasteiger charge is -2.31. The molecule has 0 aliphatic carbocycles. The second-order valence-electron chi connectivity index (χ2n) is 5.47. The van der Waals surface area contributed by atoms with E-state index in [0.717, 1.165) is 20.1 Å². The standard InChI is InChI=1S/C18H14Br2N2O3/c1-23-15-6-9(5-13(20)17(15)24-2)16-11-4-3-10(19)7-14(11)25-18(22)12(16)8-21/h3-7,12,16,22H,1-2H3. The smallest absolute Gasteiger partial charge is 0.205 e. The van der Waals surface area contributed by atoms with Gasteiger partial charge in [0.05, 0.1) is 24.8 Å². The van der Waals surface area contributed by atoms with Crippen molar-refractivity contribution in [2.75, 3.05) is 14.2 Å². The van der Waals surface area contributed by atoms with Gasteiger partial charge in [-0.25, -0.2) is 0 Å². The monoisotopic (exact) mass is 464 g/mol. The molecule has 1 aliphatic rings. The molecule has 2 unspecified atom stereocenters. The zero-order chi connectivity index (χ0) is 18.1. The quantitative estimate of drug-likeness (QED) is 0.701. The van der Waals surface area contributed by atoms with Crippen LogP contribution in [0.25, 0.3) is 0 Å². The highest BCUT2D eigenvalue weighted by atomic mass is 79.9. The summed E-state index contributed by atoms with van der Waals surface area (Å²) in [5.74, 6) is 0.577. The van der Waals surface area contributed by atoms with Gasteiger partial charge in [-0.2, -0.15) is 5.26 Å². The Balaban J connectivity index is 2.22. The van der Waals surface area contributed by atoms with E-state index in [9.17, 15) is 5.26 Å². The molecule has 0 saturated carbocycles. The lowest BCUT2D eigenvalue weighted by Crippen LogP contribution is -2.31. The van der Waals surface area contributed by atoms with Crippen molar-refractivity contribution in [1.82, 2.24) is 0 Å². The Morgan fingerprint density at radius 2 is 1.92 bits per heavy atom. The van der Waals surface area contributed by atoms with E-state index in [1.54, 1.807) is 20.3 Å². The first kappa shape index (κ1) is 17.8. The fourth-order valence-corrected chi connectivity index (χ4v) is 3.95. The number of hydrogen-bond donors (Lipinski definition) is 1. The fraction of sp³-hybridized carbons (Fsp3) is 0.222. The van der Waals surface area contributed by atoms with Crippen LogP contribution in [0.2, 0.25) is 0 Å². The van der Waals surface area contributed by atoms with Gasteiger partial charge in [0.25, 0.3) is 0 Å². The maximum absolute atomic E-state index is 9.62. The van der Waals surface area contributed by atoms with Crippen molar-refractivity contribution in [2.24, 2.45) is 5.92 Å². The van der Waals surface area contributed by atoms with Crippen LogP contribution in [0.5, 0.6) is 17.2 Å². The number of halogens is 2. The van der Waals surface area contributed by atoms with E-state index in [1.807, 2.05) is 24.3 Å². The molecule has 0 fully saturated rings. The molecule has 2 aromatic rings. The molecule has 0 saturated heterocycles. The van der Waals surface area contributed by atoms with Gasteiger partial charge in [-0.3, -0.25) is 5.41 Å². The maximum Gasteiger partial charge on any atom is 0.205 e. The molecule has 0 bridgehead atoms. The number of nitrogens with zero attached hydrogens (tertiary/aromatic N) is 1. The summed E-state index contributed by atoms with van der Waals surface area (Å²) in [6.45, 7) is 0. The Bertz CT molecular complexity index is 893. The molecule has 5 nitrogen and oxygen atoms in total. The topological polar surface area (TPSA) is 75.3 Å². The average Bonchev–Trinajstić information content (AvgIpc) is 2.59. The average molecular weight is 466 g/mol. The van der Waals surface area contributed by atoms with Crippen molar-refractivity contribution < 1.29 is 14.2 Å². The first-order chi connectivity index (χ1) is 12.0. The van der Waals surface area contributed by atoms with Crippen molar-refractivity contribution in [3.05, 3.63) is 50.4 Å². The Labute approximate surface area is 162 Å². The summed E-state index contributed by atoms with van der Waals surface area (Å²) in [5.41, 5.74) is 1.69. The molecule has 1 heterocycles. The summed E-state index contributed by atoms with van der Waals surface area (Å²) in [6.07, 6.45) is 0. The molecule has 25 heavy (non-hydrogen) atoms. The normalized spacial score (nSPS) is 18.8. The minimum absolute atomic E-state index is 0.0657. The molecule has 7 heteroatoms. The summed E-state index contributed by atoms with van der Waals surface area (Å²) in [7, 11) is 3.13. The molecule has 2 atom stereocenters. The van der Waals surface area contributed by atoms with E-state index in [1.165, 1.54) is 0 Å². The molecular weight excluding hydrogens is 452 g/mol. The van der Waals surface area contributed by atoms with Crippen molar-refractivity contribution >= 4 is 37.8 Å². The third kappa shape index (κ3) is 3.12. The zero-order valence-corrected chi connectivity index (χ0v) is 16.6. The predicted molar refractivity (Wildman–Crippen MR) is 101 cm³/mol. The van der Waals surface area contributed by atoms with Crippen LogP contribution in [-0.4, -0.2) is 20.1 Å². The first-order valence-corrected chi connectivity index (χ1v) is 8.95. The highest BCUT2D eigenvalue weighted by Crippen LogP contribution is 2.46. The summed E-state index contributed by atoms with van der Waals surface area (Å²) >= 11 is 6.91. The van der Waals surface area contributed by atoms with Crippen LogP contribution in [0, 0.1) is 22.7 Å². The molecular formula is C18H14Br2N2O3. The van der Waals surface area contributed by atoms with Gasteiger partial charge in [0.2, 0.25) is 5.90 Å². The number of hydrogen-bond acceptors (Lipinski definition) is 5. The predicted octanol–water partition coefficient (Wildman–Crippen LogP) is 4.87. The van der Waals surface area contributed by atoms with Crippen LogP contribution in [0.15, 0.2) is 39.3 Å². The fourth-order valence-electron chi connectivity index (χ4n) is 2.99. The van der Waals surface area contributed by atoms with E-state index in [4.69, 9.17) is 19.6 Å². The molecule has 0 amide bonds. The van der Waals surface area contributed by atoms with E-state index >= 15 is 0 Å². The number of methoxy groups -OCH3 is 2. The van der Waals surface area contributed by atoms with Gasteiger partial charge < -0.3 is 14.2 Å². The van der Waals surface area contributed by atoms with Crippen LogP contribution in [0.1, 0.15) is 17.0 Å². The molecule has 0 radical (unpaired) electrons. The Kier molecular flexibility index (Phi) is 5.02. The molecule has 0 aromatic heterocycles. The van der Waals surface area contributed by atoms with Gasteiger partial charge in [-0.05, 0) is 45.8 Å². The van der Waals surface area contributed by atoms with Crippen molar-refractivity contribution in [2.45, 2.75) is 5.92 Å². The van der Waals surface area contributed by atoms with Gasteiger partial charge in [0, 0.05) is 16.0 Å². The summed E-state index contributed by atoms with van der Waals surface area (Å²) in [6, 6.07) is 11.5. The lowest BCUT2D eigenvalue weighted by atomic mass is 9.79. The van der Waals surface area contributed by atoms with E-state index in [0.29, 0.717) is 17.2 Å². The van der Waals surface area contributed by atoms with Crippen LogP contribution >= 0.6 is 31.9 Å². The van der Waals surface area contributed by atoms with Gasteiger partial charge >= 0.3 is 0 Å². The third-order valence-electron chi connectivity index (χ3n) is 4.10. The molecule has 2 aromatic carbocycles. The Morgan fingerprint density at radius 1 is 1.16 bits per heavy atom. The van der Waals surface area contributed by atoms with E-state index in [-0.39, 0.29) is 11.8 Å². The zero-order valence-electron chi connectivity index (χ0n) is 13.5. The number of nitrogens with one attached hydrogen (secondary N) is 1. The SMILES string of the molecule is COc1cc(C2c3ccc(Br)cc3OC(=N)C2C#N)cc(Br)c1OC. The van der Waals surface area contributed by atoms with Crippen molar-refractivity contribution in [1.29, 1.82) is 10.7 Å². The van der Waals surface area contributed by atoms with E-state index in [2.05, 4.69) is 37.9 Å². The largest absolute Gasteiger partial charge is 0.493 e. The van der Waals surface area contributed by atoms with E-state index < -0.39 is 5.92 Å². The summed E-state index contributed by atoms with van der Waals surface area (Å²) < 4.78 is 17.9. The first-order valence-electron chi connectivity index (χ1n) is 7.37. The highest BCUT2D eigenvalue weighted by Gasteiger charge is 2.37. The molecule has 128 valence electrons. The van der Waals surface area contributed by atoms with Gasteiger partial charge in [0.1, 0.15) is 11.7 Å². The second kappa shape index (κ2) is 7.06. The number of nitriles is 1. The minimum Gasteiger partial charge on any atom is -0.493 e. The van der Waals surface area contributed by atoms with Crippen LogP contribution < -0.4 is 14.2 Å². The molecule has 3 rings (SSSR count). The summed E-state index contributed by atoms with van der Waals surface area (Å²) in [4.78, 5) is 0. The number of ether oxygens (including phenoxy) is 3. The van der Waals surface area contributed by atoms with Crippen LogP contribution in [-0.2, 0) is 0 Å². The van der Waals surface area contributed by atoms with Crippen molar-refractivity contribution in [3.8, 4) is 23.3 Å². The number of rotatable bonds is 3.